The van der Waals surface area contributed by atoms with Crippen molar-refractivity contribution in [2.45, 2.75) is 64.8 Å². The molecular weight excluding hydrogens is 496 g/mol. The van der Waals surface area contributed by atoms with Gasteiger partial charge in [-0.1, -0.05) is 70.4 Å². The number of nitrogens with zero attached hydrogens (tertiary/aromatic N) is 1. The number of hydrogen-bond acceptors (Lipinski definition) is 3. The van der Waals surface area contributed by atoms with Gasteiger partial charge in [-0.05, 0) is 31.0 Å². The standard InChI is InChI=1S/C24H33NO2.2ClH.Zr/c1-6-7-9-12-18(2)25-17-19-15-21(27-5)16-22(23(19)26)24(3,4)20-13-10-8-11-14-20;;;/h8,10-11,13-18,26H,6-7,9,12H2,1-5H3;2*1H;/q;;;+2/p-2. The number of phenolic OH excluding ortho intramolecular Hbond substituents is 1. The molecule has 0 fully saturated rings. The minimum absolute atomic E-state index is 0.243. The van der Waals surface area contributed by atoms with E-state index in [0.717, 1.165) is 23.3 Å². The summed E-state index contributed by atoms with van der Waals surface area (Å²) in [6, 6.07) is 14.2. The SMILES string of the molecule is CCCCCC(C)N=Cc1cc(OC)cc(C(C)(C)c2ccccc2)c1O.[Cl][Zr][Cl]. The molecule has 0 amide bonds. The van der Waals surface area contributed by atoms with Crippen molar-refractivity contribution < 1.29 is 30.7 Å². The third-order valence-electron chi connectivity index (χ3n) is 5.21. The van der Waals surface area contributed by atoms with Crippen LogP contribution in [0.15, 0.2) is 47.5 Å². The van der Waals surface area contributed by atoms with E-state index in [1.165, 1.54) is 19.3 Å². The monoisotopic (exact) mass is 527 g/mol. The summed E-state index contributed by atoms with van der Waals surface area (Å²) in [5.74, 6) is 1.00. The van der Waals surface area contributed by atoms with E-state index in [9.17, 15) is 5.11 Å². The van der Waals surface area contributed by atoms with Gasteiger partial charge in [0.25, 0.3) is 0 Å². The van der Waals surface area contributed by atoms with Crippen LogP contribution in [0.4, 0.5) is 0 Å². The summed E-state index contributed by atoms with van der Waals surface area (Å²) in [6.45, 7) is 8.56. The number of phenols is 1. The molecule has 2 aromatic rings. The maximum absolute atomic E-state index is 11.0. The van der Waals surface area contributed by atoms with Crippen LogP contribution in [0.25, 0.3) is 0 Å². The normalized spacial score (nSPS) is 12.2. The Hall–Kier alpha value is -0.827. The predicted octanol–water partition coefficient (Wildman–Crippen LogP) is 7.49. The van der Waals surface area contributed by atoms with Gasteiger partial charge in [-0.15, -0.1) is 0 Å². The average molecular weight is 530 g/mol. The van der Waals surface area contributed by atoms with E-state index in [1.807, 2.05) is 30.3 Å². The summed E-state index contributed by atoms with van der Waals surface area (Å²) in [5, 5.41) is 11.0. The zero-order valence-corrected chi connectivity index (χ0v) is 22.6. The first kappa shape index (κ1) is 27.2. The fourth-order valence-corrected chi connectivity index (χ4v) is 3.30. The third kappa shape index (κ3) is 8.36. The maximum atomic E-state index is 11.0. The molecule has 30 heavy (non-hydrogen) atoms. The first-order valence-electron chi connectivity index (χ1n) is 10.3. The Morgan fingerprint density at radius 3 is 2.37 bits per heavy atom. The molecule has 6 heteroatoms. The zero-order valence-electron chi connectivity index (χ0n) is 18.6. The molecule has 0 aliphatic rings. The summed E-state index contributed by atoms with van der Waals surface area (Å²) in [4.78, 5) is 4.66. The van der Waals surface area contributed by atoms with Crippen LogP contribution in [0, 0.1) is 0 Å². The van der Waals surface area contributed by atoms with E-state index in [1.54, 1.807) is 13.3 Å². The van der Waals surface area contributed by atoms with Gasteiger partial charge in [-0.2, -0.15) is 0 Å². The summed E-state index contributed by atoms with van der Waals surface area (Å²) < 4.78 is 5.50. The van der Waals surface area contributed by atoms with Crippen molar-refractivity contribution in [2.24, 2.45) is 4.99 Å². The van der Waals surface area contributed by atoms with E-state index in [2.05, 4.69) is 44.8 Å². The van der Waals surface area contributed by atoms with Gasteiger partial charge in [-0.3, -0.25) is 4.99 Å². The van der Waals surface area contributed by atoms with Crippen molar-refractivity contribution in [1.29, 1.82) is 0 Å². The number of unbranched alkanes of at least 4 members (excludes halogenated alkanes) is 2. The Kier molecular flexibility index (Phi) is 12.9. The average Bonchev–Trinajstić information content (AvgIpc) is 2.74. The Bertz CT molecular complexity index is 782. The molecule has 1 unspecified atom stereocenters. The summed E-state index contributed by atoms with van der Waals surface area (Å²) in [6.07, 6.45) is 6.49. The van der Waals surface area contributed by atoms with Crippen LogP contribution in [0.2, 0.25) is 0 Å². The Labute approximate surface area is 200 Å². The molecule has 0 aliphatic heterocycles. The molecule has 0 heterocycles. The number of methoxy groups -OCH3 is 1. The van der Waals surface area contributed by atoms with Crippen LogP contribution in [0.1, 0.15) is 70.1 Å². The predicted molar refractivity (Wildman–Crippen MR) is 126 cm³/mol. The molecule has 0 aliphatic carbocycles. The first-order valence-corrected chi connectivity index (χ1v) is 16.6. The van der Waals surface area contributed by atoms with Crippen LogP contribution in [-0.2, 0) is 26.3 Å². The fourth-order valence-electron chi connectivity index (χ4n) is 3.30. The zero-order chi connectivity index (χ0) is 22.6. The van der Waals surface area contributed by atoms with Gasteiger partial charge in [0.05, 0.1) is 7.11 Å². The number of aliphatic imine (C=N–C) groups is 1. The molecule has 0 radical (unpaired) electrons. The molecule has 2 rings (SSSR count). The first-order chi connectivity index (χ1) is 14.3. The number of rotatable bonds is 9. The van der Waals surface area contributed by atoms with Gasteiger partial charge >= 0.3 is 37.9 Å². The van der Waals surface area contributed by atoms with Gasteiger partial charge in [0.1, 0.15) is 11.5 Å². The minimum atomic E-state index is -0.826. The number of aromatic hydroxyl groups is 1. The molecule has 0 spiro atoms. The van der Waals surface area contributed by atoms with Gasteiger partial charge in [-0.25, -0.2) is 0 Å². The molecule has 2 aromatic carbocycles. The van der Waals surface area contributed by atoms with Crippen LogP contribution in [-0.4, -0.2) is 24.5 Å². The van der Waals surface area contributed by atoms with Gasteiger partial charge < -0.3 is 9.84 Å². The van der Waals surface area contributed by atoms with E-state index in [-0.39, 0.29) is 17.2 Å². The Balaban J connectivity index is 0.00000141. The van der Waals surface area contributed by atoms with E-state index < -0.39 is 20.8 Å². The second kappa shape index (κ2) is 14.3. The molecule has 1 N–H and O–H groups in total. The van der Waals surface area contributed by atoms with Crippen molar-refractivity contribution in [3.63, 3.8) is 0 Å². The van der Waals surface area contributed by atoms with E-state index >= 15 is 0 Å². The number of hydrogen-bond donors (Lipinski definition) is 1. The summed E-state index contributed by atoms with van der Waals surface area (Å²) in [7, 11) is 11.5. The second-order valence-corrected chi connectivity index (χ2v) is 11.5. The summed E-state index contributed by atoms with van der Waals surface area (Å²) in [5.41, 5.74) is 2.34. The van der Waals surface area contributed by atoms with Crippen molar-refractivity contribution >= 4 is 23.2 Å². The molecule has 0 saturated carbocycles. The van der Waals surface area contributed by atoms with Crippen molar-refractivity contribution in [2.75, 3.05) is 7.11 Å². The molecule has 164 valence electrons. The molecule has 1 atom stereocenters. The second-order valence-electron chi connectivity index (χ2n) is 7.80. The van der Waals surface area contributed by atoms with Crippen molar-refractivity contribution in [1.82, 2.24) is 0 Å². The third-order valence-corrected chi connectivity index (χ3v) is 5.21. The number of halogens is 2. The van der Waals surface area contributed by atoms with E-state index in [4.69, 9.17) is 21.8 Å². The van der Waals surface area contributed by atoms with Gasteiger partial charge in [0.2, 0.25) is 0 Å². The number of benzene rings is 2. The summed E-state index contributed by atoms with van der Waals surface area (Å²) >= 11 is -0.826. The topological polar surface area (TPSA) is 41.8 Å². The Morgan fingerprint density at radius 2 is 1.80 bits per heavy atom. The molecular formula is C24H33Cl2NO2Zr. The van der Waals surface area contributed by atoms with Crippen LogP contribution in [0.3, 0.4) is 0 Å². The molecule has 0 aromatic heterocycles. The van der Waals surface area contributed by atoms with E-state index in [0.29, 0.717) is 5.56 Å². The quantitative estimate of drug-likeness (QED) is 0.270. The molecule has 3 nitrogen and oxygen atoms in total. The van der Waals surface area contributed by atoms with Crippen LogP contribution >= 0.6 is 17.0 Å². The van der Waals surface area contributed by atoms with Crippen molar-refractivity contribution in [3.05, 3.63) is 59.2 Å². The molecule has 0 saturated heterocycles. The van der Waals surface area contributed by atoms with Crippen LogP contribution < -0.4 is 4.74 Å². The van der Waals surface area contributed by atoms with Crippen LogP contribution in [0.5, 0.6) is 11.5 Å². The fraction of sp³-hybridized carbons (Fsp3) is 0.458. The number of ether oxygens (including phenoxy) is 1. The molecule has 0 bridgehead atoms. The van der Waals surface area contributed by atoms with Gasteiger partial charge in [0, 0.05) is 28.8 Å². The van der Waals surface area contributed by atoms with Gasteiger partial charge in [0.15, 0.2) is 0 Å². The Morgan fingerprint density at radius 1 is 1.17 bits per heavy atom. The van der Waals surface area contributed by atoms with Crippen molar-refractivity contribution in [3.8, 4) is 11.5 Å².